The molecule has 0 spiro atoms. The lowest BCUT2D eigenvalue weighted by molar-refractivity contribution is 0.264. The van der Waals surface area contributed by atoms with Crippen LogP contribution in [-0.4, -0.2) is 28.1 Å². The van der Waals surface area contributed by atoms with Gasteiger partial charge >= 0.3 is 7.60 Å². The molecule has 0 radical (unpaired) electrons. The molecule has 35 heavy (non-hydrogen) atoms. The van der Waals surface area contributed by atoms with Crippen LogP contribution >= 0.6 is 7.60 Å². The third-order valence-corrected chi connectivity index (χ3v) is 8.20. The number of nitrogens with zero attached hydrogens (tertiary/aromatic N) is 3. The topological polar surface area (TPSA) is 67.6 Å². The van der Waals surface area contributed by atoms with E-state index in [1.165, 1.54) is 5.56 Å². The van der Waals surface area contributed by atoms with Crippen molar-refractivity contribution < 1.29 is 14.0 Å². The van der Waals surface area contributed by atoms with E-state index >= 15 is 0 Å². The van der Waals surface area contributed by atoms with Gasteiger partial charge in [0.2, 0.25) is 0 Å². The molecular formula is C28H34N3O3P. The van der Waals surface area contributed by atoms with Gasteiger partial charge in [-0.1, -0.05) is 61.5 Å². The van der Waals surface area contributed by atoms with Crippen molar-refractivity contribution in [2.45, 2.75) is 45.9 Å². The van der Waals surface area contributed by atoms with Crippen LogP contribution in [0.4, 0.5) is 5.69 Å². The zero-order chi connectivity index (χ0) is 25.0. The number of benzene rings is 3. The van der Waals surface area contributed by atoms with Crippen LogP contribution in [-0.2, 0) is 22.1 Å². The van der Waals surface area contributed by atoms with Gasteiger partial charge in [0.15, 0.2) is 5.78 Å². The number of fused-ring (bicyclic) bond motifs is 1. The summed E-state index contributed by atoms with van der Waals surface area (Å²) in [5.74, 6) is 0.297. The van der Waals surface area contributed by atoms with E-state index in [0.717, 1.165) is 53.1 Å². The van der Waals surface area contributed by atoms with Crippen molar-refractivity contribution in [2.75, 3.05) is 18.6 Å². The fraction of sp³-hybridized carbons (Fsp3) is 0.321. The minimum atomic E-state index is -3.94. The van der Waals surface area contributed by atoms with E-state index < -0.39 is 13.4 Å². The molecule has 0 aliphatic rings. The third-order valence-electron chi connectivity index (χ3n) is 6.31. The van der Waals surface area contributed by atoms with Crippen LogP contribution in [0.2, 0.25) is 0 Å². The van der Waals surface area contributed by atoms with Gasteiger partial charge in [0.05, 0.1) is 17.6 Å². The standard InChI is InChI=1S/C28H34N3O3P/c1-5-11-26-29-27-21(3)12-10-15-25(27)31(26)20-22-16-18-24(19-17-22)30(4)28(35(32,33)34-6-2)23-13-8-7-9-14-23/h7-10,12-19,28H,5-6,11,20H2,1-4H3,(H,32,33). The van der Waals surface area contributed by atoms with Gasteiger partial charge in [0, 0.05) is 25.7 Å². The van der Waals surface area contributed by atoms with Crippen molar-refractivity contribution in [1.82, 2.24) is 9.55 Å². The molecule has 0 aliphatic carbocycles. The van der Waals surface area contributed by atoms with Crippen LogP contribution in [0.15, 0.2) is 72.8 Å². The summed E-state index contributed by atoms with van der Waals surface area (Å²) < 4.78 is 20.8. The predicted molar refractivity (Wildman–Crippen MR) is 143 cm³/mol. The van der Waals surface area contributed by atoms with Crippen molar-refractivity contribution in [3.05, 3.63) is 95.3 Å². The molecule has 3 aromatic carbocycles. The second-order valence-electron chi connectivity index (χ2n) is 8.85. The Balaban J connectivity index is 1.64. The molecule has 7 heteroatoms. The van der Waals surface area contributed by atoms with E-state index in [4.69, 9.17) is 9.51 Å². The SMILES string of the molecule is CCCc1nc2c(C)cccc2n1Cc1ccc(N(C)C(c2ccccc2)P(=O)(O)OCC)cc1. The number of hydrogen-bond donors (Lipinski definition) is 1. The van der Waals surface area contributed by atoms with Crippen molar-refractivity contribution in [3.63, 3.8) is 0 Å². The summed E-state index contributed by atoms with van der Waals surface area (Å²) >= 11 is 0. The molecule has 2 atom stereocenters. The molecule has 184 valence electrons. The maximum absolute atomic E-state index is 13.1. The molecule has 2 unspecified atom stereocenters. The van der Waals surface area contributed by atoms with Crippen molar-refractivity contribution in [1.29, 1.82) is 0 Å². The van der Waals surface area contributed by atoms with Crippen LogP contribution < -0.4 is 4.90 Å². The number of aromatic nitrogens is 2. The highest BCUT2D eigenvalue weighted by atomic mass is 31.2. The zero-order valence-corrected chi connectivity index (χ0v) is 21.8. The smallest absolute Gasteiger partial charge is 0.354 e. The van der Waals surface area contributed by atoms with Crippen LogP contribution in [0.3, 0.4) is 0 Å². The summed E-state index contributed by atoms with van der Waals surface area (Å²) in [6.07, 6.45) is 1.96. The normalized spacial score (nSPS) is 14.1. The molecule has 4 aromatic rings. The number of para-hydroxylation sites is 1. The van der Waals surface area contributed by atoms with E-state index in [1.807, 2.05) is 54.4 Å². The molecule has 1 aromatic heterocycles. The quantitative estimate of drug-likeness (QED) is 0.250. The highest BCUT2D eigenvalue weighted by Crippen LogP contribution is 2.58. The zero-order valence-electron chi connectivity index (χ0n) is 20.9. The molecule has 4 rings (SSSR count). The molecule has 0 aliphatic heterocycles. The third kappa shape index (κ3) is 5.35. The highest BCUT2D eigenvalue weighted by Gasteiger charge is 2.37. The van der Waals surface area contributed by atoms with Gasteiger partial charge in [-0.3, -0.25) is 4.57 Å². The van der Waals surface area contributed by atoms with Crippen LogP contribution in [0.25, 0.3) is 11.0 Å². The average molecular weight is 492 g/mol. The second-order valence-corrected chi connectivity index (χ2v) is 10.7. The number of hydrogen-bond acceptors (Lipinski definition) is 4. The van der Waals surface area contributed by atoms with Crippen LogP contribution in [0.1, 0.15) is 48.6 Å². The Morgan fingerprint density at radius 3 is 2.40 bits per heavy atom. The van der Waals surface area contributed by atoms with Gasteiger partial charge in [0.25, 0.3) is 0 Å². The summed E-state index contributed by atoms with van der Waals surface area (Å²) in [5.41, 5.74) is 6.13. The Labute approximate surface area is 207 Å². The average Bonchev–Trinajstić information content (AvgIpc) is 3.19. The maximum atomic E-state index is 13.1. The number of anilines is 1. The Morgan fingerprint density at radius 1 is 1.03 bits per heavy atom. The molecule has 1 N–H and O–H groups in total. The van der Waals surface area contributed by atoms with Gasteiger partial charge in [-0.2, -0.15) is 0 Å². The molecule has 0 amide bonds. The monoisotopic (exact) mass is 491 g/mol. The highest BCUT2D eigenvalue weighted by molar-refractivity contribution is 7.53. The summed E-state index contributed by atoms with van der Waals surface area (Å²) in [5, 5.41) is 0. The first-order valence-corrected chi connectivity index (χ1v) is 13.8. The fourth-order valence-corrected chi connectivity index (χ4v) is 6.23. The van der Waals surface area contributed by atoms with Gasteiger partial charge in [0.1, 0.15) is 5.82 Å². The van der Waals surface area contributed by atoms with Crippen LogP contribution in [0.5, 0.6) is 0 Å². The van der Waals surface area contributed by atoms with Crippen molar-refractivity contribution in [3.8, 4) is 0 Å². The first-order valence-electron chi connectivity index (χ1n) is 12.1. The Kier molecular flexibility index (Phi) is 7.75. The van der Waals surface area contributed by atoms with E-state index in [0.29, 0.717) is 0 Å². The number of imidazole rings is 1. The fourth-order valence-electron chi connectivity index (χ4n) is 4.60. The van der Waals surface area contributed by atoms with Gasteiger partial charge in [-0.15, -0.1) is 0 Å². The molecule has 0 saturated carbocycles. The van der Waals surface area contributed by atoms with Gasteiger partial charge < -0.3 is 18.9 Å². The lowest BCUT2D eigenvalue weighted by Crippen LogP contribution is -2.25. The van der Waals surface area contributed by atoms with E-state index in [1.54, 1.807) is 6.92 Å². The molecule has 1 heterocycles. The second kappa shape index (κ2) is 10.8. The maximum Gasteiger partial charge on any atom is 0.354 e. The molecule has 6 nitrogen and oxygen atoms in total. The summed E-state index contributed by atoms with van der Waals surface area (Å²) in [6.45, 7) is 6.90. The summed E-state index contributed by atoms with van der Waals surface area (Å²) in [4.78, 5) is 17.5. The predicted octanol–water partition coefficient (Wildman–Crippen LogP) is 6.70. The lowest BCUT2D eigenvalue weighted by Gasteiger charge is -2.33. The minimum Gasteiger partial charge on any atom is -0.357 e. The van der Waals surface area contributed by atoms with Crippen molar-refractivity contribution in [2.24, 2.45) is 0 Å². The Hall–Kier alpha value is -2.92. The van der Waals surface area contributed by atoms with E-state index in [2.05, 4.69) is 48.7 Å². The Morgan fingerprint density at radius 2 is 1.74 bits per heavy atom. The molecule has 0 saturated heterocycles. The number of rotatable bonds is 10. The van der Waals surface area contributed by atoms with Gasteiger partial charge in [-0.25, -0.2) is 4.98 Å². The van der Waals surface area contributed by atoms with Crippen LogP contribution in [0, 0.1) is 6.92 Å². The Bertz CT molecular complexity index is 1320. The van der Waals surface area contributed by atoms with Gasteiger partial charge in [-0.05, 0) is 55.2 Å². The first kappa shape index (κ1) is 25.2. The van der Waals surface area contributed by atoms with Crippen molar-refractivity contribution >= 4 is 24.3 Å². The minimum absolute atomic E-state index is 0.169. The van der Waals surface area contributed by atoms with E-state index in [9.17, 15) is 9.46 Å². The summed E-state index contributed by atoms with van der Waals surface area (Å²) in [7, 11) is -2.10. The molecule has 0 fully saturated rings. The largest absolute Gasteiger partial charge is 0.357 e. The number of aryl methyl sites for hydroxylation is 2. The molecular weight excluding hydrogens is 457 g/mol. The van der Waals surface area contributed by atoms with E-state index in [-0.39, 0.29) is 6.61 Å². The lowest BCUT2D eigenvalue weighted by atomic mass is 10.1. The summed E-state index contributed by atoms with van der Waals surface area (Å²) in [6, 6.07) is 23.8. The first-order chi connectivity index (χ1) is 16.9. The molecule has 0 bridgehead atoms.